The van der Waals surface area contributed by atoms with Crippen LogP contribution in [0.3, 0.4) is 0 Å². The lowest BCUT2D eigenvalue weighted by molar-refractivity contribution is 0.374. The van der Waals surface area contributed by atoms with Crippen LogP contribution in [0.25, 0.3) is 21.5 Å². The summed E-state index contributed by atoms with van der Waals surface area (Å²) in [5.41, 5.74) is 1.25. The van der Waals surface area contributed by atoms with Gasteiger partial charge in [-0.05, 0) is 53.8 Å². The molecule has 2 nitrogen and oxygen atoms in total. The first-order chi connectivity index (χ1) is 9.69. The van der Waals surface area contributed by atoms with Gasteiger partial charge in [-0.2, -0.15) is 0 Å². The number of nitrogens with zero attached hydrogens (tertiary/aromatic N) is 1. The summed E-state index contributed by atoms with van der Waals surface area (Å²) in [5, 5.41) is 5.09. The van der Waals surface area contributed by atoms with Gasteiger partial charge in [0.15, 0.2) is 0 Å². The highest BCUT2D eigenvalue weighted by Gasteiger charge is 2.10. The van der Waals surface area contributed by atoms with Crippen molar-refractivity contribution in [3.8, 4) is 5.75 Å². The highest BCUT2D eigenvalue weighted by molar-refractivity contribution is 6.00. The number of hydrogen-bond donors (Lipinski definition) is 0. The molecule has 0 atom stereocenters. The molecule has 0 radical (unpaired) electrons. The topological polar surface area (TPSA) is 12.5 Å². The van der Waals surface area contributed by atoms with E-state index in [1.165, 1.54) is 27.1 Å². The van der Waals surface area contributed by atoms with Crippen LogP contribution in [0.4, 0.5) is 0 Å². The Morgan fingerprint density at radius 3 is 2.25 bits per heavy atom. The second-order valence-corrected chi connectivity index (χ2v) is 5.40. The van der Waals surface area contributed by atoms with Crippen LogP contribution < -0.4 is 4.74 Å². The van der Waals surface area contributed by atoms with Gasteiger partial charge < -0.3 is 9.64 Å². The fourth-order valence-corrected chi connectivity index (χ4v) is 2.73. The predicted octanol–water partition coefficient (Wildman–Crippen LogP) is 4.06. The van der Waals surface area contributed by atoms with Crippen LogP contribution in [0, 0.1) is 0 Å². The Morgan fingerprint density at radius 1 is 0.900 bits per heavy atom. The quantitative estimate of drug-likeness (QED) is 0.662. The van der Waals surface area contributed by atoms with Crippen LogP contribution in [0.5, 0.6) is 5.75 Å². The second kappa shape index (κ2) is 5.14. The molecular formula is C18H19NO. The van der Waals surface area contributed by atoms with Gasteiger partial charge in [0.1, 0.15) is 5.75 Å². The van der Waals surface area contributed by atoms with Gasteiger partial charge in [0, 0.05) is 12.1 Å². The summed E-state index contributed by atoms with van der Waals surface area (Å²) in [7, 11) is 5.90. The lowest BCUT2D eigenvalue weighted by atomic mass is 9.98. The SMILES string of the molecule is COc1ccc2cc3ccccc3cc2c1CN(C)C. The van der Waals surface area contributed by atoms with Crippen LogP contribution in [0.2, 0.25) is 0 Å². The molecule has 0 spiro atoms. The predicted molar refractivity (Wildman–Crippen MR) is 85.4 cm³/mol. The van der Waals surface area contributed by atoms with Crippen molar-refractivity contribution < 1.29 is 4.74 Å². The summed E-state index contributed by atoms with van der Waals surface area (Å²) in [5.74, 6) is 0.960. The Labute approximate surface area is 119 Å². The van der Waals surface area contributed by atoms with Gasteiger partial charge in [-0.3, -0.25) is 0 Å². The zero-order valence-electron chi connectivity index (χ0n) is 12.2. The number of ether oxygens (including phenoxy) is 1. The van der Waals surface area contributed by atoms with Gasteiger partial charge in [-0.15, -0.1) is 0 Å². The highest BCUT2D eigenvalue weighted by atomic mass is 16.5. The molecule has 0 N–H and O–H groups in total. The van der Waals surface area contributed by atoms with Crippen molar-refractivity contribution in [3.05, 3.63) is 54.1 Å². The normalized spacial score (nSPS) is 11.4. The monoisotopic (exact) mass is 265 g/mol. The lowest BCUT2D eigenvalue weighted by Crippen LogP contribution is -2.12. The molecular weight excluding hydrogens is 246 g/mol. The van der Waals surface area contributed by atoms with Crippen LogP contribution >= 0.6 is 0 Å². The van der Waals surface area contributed by atoms with Crippen molar-refractivity contribution in [2.75, 3.05) is 21.2 Å². The van der Waals surface area contributed by atoms with E-state index in [1.54, 1.807) is 7.11 Å². The number of hydrogen-bond acceptors (Lipinski definition) is 2. The molecule has 3 rings (SSSR count). The number of rotatable bonds is 3. The van der Waals surface area contributed by atoms with Gasteiger partial charge in [0.05, 0.1) is 7.11 Å². The molecule has 20 heavy (non-hydrogen) atoms. The van der Waals surface area contributed by atoms with Crippen molar-refractivity contribution >= 4 is 21.5 Å². The van der Waals surface area contributed by atoms with Gasteiger partial charge in [0.25, 0.3) is 0 Å². The first-order valence-electron chi connectivity index (χ1n) is 6.82. The van der Waals surface area contributed by atoms with Gasteiger partial charge in [0.2, 0.25) is 0 Å². The molecule has 0 aliphatic rings. The fraction of sp³-hybridized carbons (Fsp3) is 0.222. The first kappa shape index (κ1) is 12.9. The van der Waals surface area contributed by atoms with E-state index in [1.807, 2.05) is 0 Å². The molecule has 3 aromatic carbocycles. The van der Waals surface area contributed by atoms with E-state index in [0.29, 0.717) is 0 Å². The second-order valence-electron chi connectivity index (χ2n) is 5.40. The maximum absolute atomic E-state index is 5.54. The van der Waals surface area contributed by atoms with E-state index in [9.17, 15) is 0 Å². The lowest BCUT2D eigenvalue weighted by Gasteiger charge is -2.16. The van der Waals surface area contributed by atoms with E-state index < -0.39 is 0 Å². The summed E-state index contributed by atoms with van der Waals surface area (Å²) >= 11 is 0. The average molecular weight is 265 g/mol. The maximum atomic E-state index is 5.54. The van der Waals surface area contributed by atoms with E-state index in [-0.39, 0.29) is 0 Å². The molecule has 0 aliphatic carbocycles. The molecule has 102 valence electrons. The van der Waals surface area contributed by atoms with Gasteiger partial charge >= 0.3 is 0 Å². The minimum atomic E-state index is 0.874. The number of fused-ring (bicyclic) bond motifs is 2. The van der Waals surface area contributed by atoms with E-state index in [4.69, 9.17) is 4.74 Å². The Balaban J connectivity index is 2.33. The molecule has 0 heterocycles. The smallest absolute Gasteiger partial charge is 0.123 e. The molecule has 0 aromatic heterocycles. The van der Waals surface area contributed by atoms with E-state index in [0.717, 1.165) is 12.3 Å². The summed E-state index contributed by atoms with van der Waals surface area (Å²) in [6, 6.07) is 17.2. The van der Waals surface area contributed by atoms with Crippen LogP contribution in [0.15, 0.2) is 48.5 Å². The third-order valence-corrected chi connectivity index (χ3v) is 3.65. The van der Waals surface area contributed by atoms with Crippen molar-refractivity contribution in [2.24, 2.45) is 0 Å². The molecule has 0 saturated carbocycles. The zero-order chi connectivity index (χ0) is 14.1. The molecule has 0 fully saturated rings. The zero-order valence-corrected chi connectivity index (χ0v) is 12.2. The van der Waals surface area contributed by atoms with E-state index in [2.05, 4.69) is 67.5 Å². The average Bonchev–Trinajstić information content (AvgIpc) is 2.45. The Morgan fingerprint density at radius 2 is 1.60 bits per heavy atom. The minimum absolute atomic E-state index is 0.874. The molecule has 0 bridgehead atoms. The third kappa shape index (κ3) is 2.23. The van der Waals surface area contributed by atoms with Gasteiger partial charge in [-0.1, -0.05) is 30.3 Å². The van der Waals surface area contributed by atoms with Crippen molar-refractivity contribution in [3.63, 3.8) is 0 Å². The fourth-order valence-electron chi connectivity index (χ4n) is 2.73. The van der Waals surface area contributed by atoms with Crippen LogP contribution in [0.1, 0.15) is 5.56 Å². The van der Waals surface area contributed by atoms with Crippen molar-refractivity contribution in [2.45, 2.75) is 6.54 Å². The standard InChI is InChI=1S/C18H19NO/c1-19(2)12-17-16-11-14-7-5-4-6-13(14)10-15(16)8-9-18(17)20-3/h4-11H,12H2,1-3H3. The molecule has 2 heteroatoms. The van der Waals surface area contributed by atoms with E-state index >= 15 is 0 Å². The summed E-state index contributed by atoms with van der Waals surface area (Å²) in [6.07, 6.45) is 0. The first-order valence-corrected chi connectivity index (χ1v) is 6.82. The van der Waals surface area contributed by atoms with Crippen molar-refractivity contribution in [1.29, 1.82) is 0 Å². The third-order valence-electron chi connectivity index (χ3n) is 3.65. The molecule has 0 saturated heterocycles. The summed E-state index contributed by atoms with van der Waals surface area (Å²) < 4.78 is 5.54. The molecule has 3 aromatic rings. The van der Waals surface area contributed by atoms with Gasteiger partial charge in [-0.25, -0.2) is 0 Å². The summed E-state index contributed by atoms with van der Waals surface area (Å²) in [6.45, 7) is 0.874. The van der Waals surface area contributed by atoms with Crippen LogP contribution in [-0.4, -0.2) is 26.1 Å². The Bertz CT molecular complexity index is 762. The Hall–Kier alpha value is -2.06. The summed E-state index contributed by atoms with van der Waals surface area (Å²) in [4.78, 5) is 2.17. The number of methoxy groups -OCH3 is 1. The van der Waals surface area contributed by atoms with Crippen molar-refractivity contribution in [1.82, 2.24) is 4.90 Å². The number of benzene rings is 3. The van der Waals surface area contributed by atoms with Crippen LogP contribution in [-0.2, 0) is 6.54 Å². The molecule has 0 unspecified atom stereocenters. The largest absolute Gasteiger partial charge is 0.496 e. The highest BCUT2D eigenvalue weighted by Crippen LogP contribution is 2.31. The maximum Gasteiger partial charge on any atom is 0.123 e. The molecule has 0 amide bonds. The Kier molecular flexibility index (Phi) is 3.33. The minimum Gasteiger partial charge on any atom is -0.496 e. The molecule has 0 aliphatic heterocycles.